The van der Waals surface area contributed by atoms with Crippen molar-refractivity contribution in [2.75, 3.05) is 6.54 Å². The van der Waals surface area contributed by atoms with E-state index in [4.69, 9.17) is 19.3 Å². The van der Waals surface area contributed by atoms with E-state index >= 15 is 0 Å². The average Bonchev–Trinajstić information content (AvgIpc) is 2.77. The number of carboxylic acids is 1. The van der Waals surface area contributed by atoms with Crippen molar-refractivity contribution >= 4 is 28.5 Å². The number of aliphatic carboxylic acids is 1. The van der Waals surface area contributed by atoms with Crippen LogP contribution in [-0.2, 0) is 23.2 Å². The standard InChI is InChI=1S/C21H44N2O6Si2/c1-8-30(9-2,10-3)28-18-16(14-22)27-20(21(25)26)17(23-15(7)24)19(18)29-31(11-4,12-5)13-6/h16-20H,8-14,22H2,1-7H3,(H,23,24)(H,25,26)/t16-,17?,18-,19-,20?/m1/s1. The molecule has 31 heavy (non-hydrogen) atoms. The molecule has 0 radical (unpaired) electrons. The van der Waals surface area contributed by atoms with Gasteiger partial charge in [0.05, 0.1) is 24.4 Å². The molecule has 1 aliphatic heterocycles. The molecule has 0 aromatic rings. The molecule has 0 aliphatic carbocycles. The molecule has 0 aromatic heterocycles. The lowest BCUT2D eigenvalue weighted by Gasteiger charge is -2.50. The molecule has 0 aromatic carbocycles. The van der Waals surface area contributed by atoms with E-state index in [1.807, 2.05) is 0 Å². The number of nitrogens with two attached hydrogens (primary N) is 1. The Morgan fingerprint density at radius 2 is 1.32 bits per heavy atom. The number of hydrogen-bond acceptors (Lipinski definition) is 6. The highest BCUT2D eigenvalue weighted by molar-refractivity contribution is 6.74. The number of carbonyl (C=O) groups excluding carboxylic acids is 1. The summed E-state index contributed by atoms with van der Waals surface area (Å²) in [6.45, 7) is 14.3. The van der Waals surface area contributed by atoms with Gasteiger partial charge >= 0.3 is 5.97 Å². The van der Waals surface area contributed by atoms with Crippen molar-refractivity contribution in [3.05, 3.63) is 0 Å². The second-order valence-electron chi connectivity index (χ2n) is 8.55. The molecule has 1 saturated heterocycles. The zero-order valence-electron chi connectivity index (χ0n) is 20.4. The van der Waals surface area contributed by atoms with Crippen molar-refractivity contribution in [1.82, 2.24) is 5.32 Å². The van der Waals surface area contributed by atoms with Crippen LogP contribution >= 0.6 is 0 Å². The zero-order valence-corrected chi connectivity index (χ0v) is 22.4. The van der Waals surface area contributed by atoms with Crippen molar-refractivity contribution in [3.8, 4) is 0 Å². The van der Waals surface area contributed by atoms with Crippen molar-refractivity contribution in [3.63, 3.8) is 0 Å². The van der Waals surface area contributed by atoms with Crippen LogP contribution in [0.2, 0.25) is 36.3 Å². The lowest BCUT2D eigenvalue weighted by Crippen LogP contribution is -2.70. The van der Waals surface area contributed by atoms with Gasteiger partial charge in [0.2, 0.25) is 5.91 Å². The number of carbonyl (C=O) groups is 2. The molecule has 8 nitrogen and oxygen atoms in total. The smallest absolute Gasteiger partial charge is 0.335 e. The van der Waals surface area contributed by atoms with Crippen LogP contribution in [0.1, 0.15) is 48.5 Å². The first-order valence-electron chi connectivity index (χ1n) is 11.8. The van der Waals surface area contributed by atoms with Gasteiger partial charge in [0.25, 0.3) is 0 Å². The van der Waals surface area contributed by atoms with E-state index in [0.717, 1.165) is 36.3 Å². The highest BCUT2D eigenvalue weighted by Crippen LogP contribution is 2.35. The van der Waals surface area contributed by atoms with E-state index < -0.39 is 53.1 Å². The normalized spacial score (nSPS) is 27.2. The highest BCUT2D eigenvalue weighted by Gasteiger charge is 2.53. The van der Waals surface area contributed by atoms with Gasteiger partial charge in [-0.1, -0.05) is 41.5 Å². The average molecular weight is 477 g/mol. The van der Waals surface area contributed by atoms with E-state index in [0.29, 0.717) is 0 Å². The van der Waals surface area contributed by atoms with Gasteiger partial charge in [-0.3, -0.25) is 4.79 Å². The Balaban J connectivity index is 3.57. The highest BCUT2D eigenvalue weighted by atomic mass is 28.4. The molecule has 4 N–H and O–H groups in total. The quantitative estimate of drug-likeness (QED) is 0.349. The van der Waals surface area contributed by atoms with E-state index in [-0.39, 0.29) is 12.5 Å². The summed E-state index contributed by atoms with van der Waals surface area (Å²) in [6.07, 6.45) is -2.97. The fraction of sp³-hybridized carbons (Fsp3) is 0.905. The first-order chi connectivity index (χ1) is 14.6. The minimum absolute atomic E-state index is 0.127. The summed E-state index contributed by atoms with van der Waals surface area (Å²) in [6, 6.07) is 4.68. The molecule has 0 bridgehead atoms. The predicted octanol–water partition coefficient (Wildman–Crippen LogP) is 3.08. The van der Waals surface area contributed by atoms with Crippen molar-refractivity contribution in [2.45, 2.75) is 115 Å². The Bertz CT molecular complexity index is 570. The summed E-state index contributed by atoms with van der Waals surface area (Å²) < 4.78 is 19.7. The lowest BCUT2D eigenvalue weighted by molar-refractivity contribution is -0.192. The van der Waals surface area contributed by atoms with Crippen LogP contribution in [-0.4, -0.2) is 70.6 Å². The second kappa shape index (κ2) is 12.5. The maximum Gasteiger partial charge on any atom is 0.335 e. The van der Waals surface area contributed by atoms with E-state index in [2.05, 4.69) is 46.9 Å². The topological polar surface area (TPSA) is 120 Å². The van der Waals surface area contributed by atoms with Gasteiger partial charge in [0, 0.05) is 13.5 Å². The Labute approximate surface area is 189 Å². The van der Waals surface area contributed by atoms with Crippen LogP contribution < -0.4 is 11.1 Å². The largest absolute Gasteiger partial charge is 0.479 e. The van der Waals surface area contributed by atoms with Gasteiger partial charge in [0.1, 0.15) is 0 Å². The molecule has 1 heterocycles. The van der Waals surface area contributed by atoms with Crippen molar-refractivity contribution in [1.29, 1.82) is 0 Å². The van der Waals surface area contributed by atoms with Crippen LogP contribution in [0, 0.1) is 0 Å². The van der Waals surface area contributed by atoms with Gasteiger partial charge in [0.15, 0.2) is 22.7 Å². The molecule has 1 rings (SSSR count). The van der Waals surface area contributed by atoms with Crippen LogP contribution in [0.4, 0.5) is 0 Å². The van der Waals surface area contributed by atoms with Gasteiger partial charge in [-0.2, -0.15) is 0 Å². The maximum absolute atomic E-state index is 12.1. The minimum Gasteiger partial charge on any atom is -0.479 e. The lowest BCUT2D eigenvalue weighted by atomic mass is 9.92. The number of ether oxygens (including phenoxy) is 1. The van der Waals surface area contributed by atoms with Gasteiger partial charge in [-0.05, 0) is 36.3 Å². The fourth-order valence-electron chi connectivity index (χ4n) is 4.59. The Kier molecular flexibility index (Phi) is 11.3. The molecule has 5 atom stereocenters. The third-order valence-electron chi connectivity index (χ3n) is 7.18. The summed E-state index contributed by atoms with van der Waals surface area (Å²) in [5.41, 5.74) is 6.06. The SMILES string of the molecule is CC[Si](CC)(CC)O[C@H]1[C@H](O[Si](CC)(CC)CC)C(NC(C)=O)C(C(=O)O)O[C@@H]1CN. The Morgan fingerprint density at radius 1 is 0.903 bits per heavy atom. The molecule has 2 unspecified atom stereocenters. The summed E-state index contributed by atoms with van der Waals surface area (Å²) in [4.78, 5) is 24.1. The summed E-state index contributed by atoms with van der Waals surface area (Å²) >= 11 is 0. The molecule has 10 heteroatoms. The van der Waals surface area contributed by atoms with E-state index in [9.17, 15) is 14.7 Å². The Morgan fingerprint density at radius 3 is 1.65 bits per heavy atom. The molecule has 182 valence electrons. The monoisotopic (exact) mass is 476 g/mol. The fourth-order valence-corrected chi connectivity index (χ4v) is 10.3. The van der Waals surface area contributed by atoms with Crippen LogP contribution in [0.15, 0.2) is 0 Å². The molecule has 0 saturated carbocycles. The predicted molar refractivity (Wildman–Crippen MR) is 127 cm³/mol. The molecular weight excluding hydrogens is 432 g/mol. The number of amides is 1. The third-order valence-corrected chi connectivity index (χ3v) is 16.5. The first kappa shape index (κ1) is 28.2. The molecular formula is C21H44N2O6Si2. The summed E-state index contributed by atoms with van der Waals surface area (Å²) in [7, 11) is -4.25. The van der Waals surface area contributed by atoms with Crippen LogP contribution in [0.25, 0.3) is 0 Å². The number of nitrogens with one attached hydrogen (secondary N) is 1. The Hall–Kier alpha value is -0.786. The van der Waals surface area contributed by atoms with E-state index in [1.165, 1.54) is 6.92 Å². The molecule has 1 fully saturated rings. The number of hydrogen-bond donors (Lipinski definition) is 3. The van der Waals surface area contributed by atoms with Crippen LogP contribution in [0.3, 0.4) is 0 Å². The third kappa shape index (κ3) is 6.61. The summed E-state index contributed by atoms with van der Waals surface area (Å²) in [5.74, 6) is -1.45. The molecule has 1 amide bonds. The molecule has 1 aliphatic rings. The van der Waals surface area contributed by atoms with Crippen molar-refractivity contribution < 1.29 is 28.3 Å². The maximum atomic E-state index is 12.1. The second-order valence-corrected chi connectivity index (χ2v) is 18.0. The summed E-state index contributed by atoms with van der Waals surface area (Å²) in [5, 5.41) is 12.7. The zero-order chi connectivity index (χ0) is 23.8. The minimum atomic E-state index is -2.16. The van der Waals surface area contributed by atoms with Gasteiger partial charge < -0.3 is 29.7 Å². The number of rotatable bonds is 13. The van der Waals surface area contributed by atoms with E-state index in [1.54, 1.807) is 0 Å². The van der Waals surface area contributed by atoms with Crippen molar-refractivity contribution in [2.24, 2.45) is 5.73 Å². The first-order valence-corrected chi connectivity index (χ1v) is 16.9. The van der Waals surface area contributed by atoms with Gasteiger partial charge in [-0.15, -0.1) is 0 Å². The van der Waals surface area contributed by atoms with Crippen LogP contribution in [0.5, 0.6) is 0 Å². The number of carboxylic acid groups (broad SMARTS) is 1. The molecule has 0 spiro atoms. The van der Waals surface area contributed by atoms with Gasteiger partial charge in [-0.25, -0.2) is 4.79 Å².